The second kappa shape index (κ2) is 29.0. The largest absolute Gasteiger partial charge is 0.493 e. The van der Waals surface area contributed by atoms with Gasteiger partial charge in [-0.3, -0.25) is 9.59 Å². The standard InChI is InChI=1S/C24H21ClF2N4O2.C23H19Cl3FN5O3.C23H18Cl3FN4O3.CH4/c1-13-6-18(25)22-28-19(11-31(22)10-13)23-29-21(30-33-23)17-4-5-20(14(2)7-17)32-12-16-8-15(3)24(26,27)9-16;1-11-4-16(26)20-28-17(10-32(20)8-11)21-29-19(30-35-21)13-5-15(25)18(6-14(13)24)34-12-7-23(2,27)22(33)31(3)9-12;1-11-5-16(26)21-28-17(10-31(21)9-11)22-29-20(30-34-22)13-6-15(25)18(7-14(13)24)33-12-3-4-19(32)23(2,27)8-12;/h4-7,10-11,16H,3,8-9,12H2,1-2H3;4-6,8,10,12H,7,9H2,1-3H3;5-7,9-10,12H,3-4,8H2,1-2H3;1H4/t16-;;;/m1.../s1. The molecule has 9 aromatic heterocycles. The van der Waals surface area contributed by atoms with E-state index in [0.717, 1.165) is 27.8 Å². The fourth-order valence-electron chi connectivity index (χ4n) is 12.2. The van der Waals surface area contributed by atoms with Crippen LogP contribution in [0.25, 0.3) is 85.9 Å². The number of benzene rings is 3. The molecule has 5 atom stereocenters. The average Bonchev–Trinajstić information content (AvgIpc) is 1.64. The molecule has 3 fully saturated rings. The highest BCUT2D eigenvalue weighted by Gasteiger charge is 2.45. The lowest BCUT2D eigenvalue weighted by atomic mass is 9.85. The van der Waals surface area contributed by atoms with Crippen LogP contribution < -0.4 is 14.2 Å². The van der Waals surface area contributed by atoms with Crippen LogP contribution in [0.3, 0.4) is 0 Å². The lowest BCUT2D eigenvalue weighted by molar-refractivity contribution is -0.150. The summed E-state index contributed by atoms with van der Waals surface area (Å²) in [6.45, 7) is 14.1. The van der Waals surface area contributed by atoms with Gasteiger partial charge in [-0.05, 0) is 131 Å². The number of aromatic nitrogens is 12. The van der Waals surface area contributed by atoms with Crippen LogP contribution >= 0.6 is 81.2 Å². The number of fused-ring (bicyclic) bond motifs is 3. The van der Waals surface area contributed by atoms with Crippen LogP contribution in [0.2, 0.25) is 35.2 Å². The molecular formula is C71H62Cl7F4N13O8. The Morgan fingerprint density at radius 1 is 0.544 bits per heavy atom. The van der Waals surface area contributed by atoms with Crippen molar-refractivity contribution in [2.24, 2.45) is 5.92 Å². The maximum atomic E-state index is 14.6. The summed E-state index contributed by atoms with van der Waals surface area (Å²) in [5, 5.41) is 14.7. The Balaban J connectivity index is 0.000000145. The van der Waals surface area contributed by atoms with Crippen LogP contribution in [-0.2, 0) is 9.59 Å². The number of nitrogens with zero attached hydrogens (tertiary/aromatic N) is 13. The van der Waals surface area contributed by atoms with Crippen molar-refractivity contribution in [3.63, 3.8) is 0 Å². The number of halogens is 11. The van der Waals surface area contributed by atoms with Crippen LogP contribution in [0.4, 0.5) is 17.6 Å². The number of carbonyl (C=O) groups excluding carboxylic acids is 2. The van der Waals surface area contributed by atoms with Crippen molar-refractivity contribution in [2.75, 3.05) is 20.2 Å². The molecule has 3 aliphatic rings. The highest BCUT2D eigenvalue weighted by Crippen LogP contribution is 2.45. The number of Topliss-reactive ketones (excluding diaryl/α,β-unsaturated/α-hetero) is 1. The molecule has 0 spiro atoms. The molecule has 1 amide bonds. The van der Waals surface area contributed by atoms with Gasteiger partial charge >= 0.3 is 0 Å². The van der Waals surface area contributed by atoms with Gasteiger partial charge < -0.3 is 45.9 Å². The van der Waals surface area contributed by atoms with Gasteiger partial charge in [0.15, 0.2) is 34.1 Å². The summed E-state index contributed by atoms with van der Waals surface area (Å²) in [6.07, 6.45) is 10.3. The number of piperidine rings is 1. The minimum atomic E-state index is -2.80. The van der Waals surface area contributed by atoms with E-state index < -0.39 is 41.2 Å². The number of aryl methyl sites for hydroxylation is 4. The molecule has 536 valence electrons. The predicted octanol–water partition coefficient (Wildman–Crippen LogP) is 19.1. The highest BCUT2D eigenvalue weighted by molar-refractivity contribution is 6.37. The van der Waals surface area contributed by atoms with Gasteiger partial charge in [0.05, 0.1) is 48.3 Å². The molecule has 0 bridgehead atoms. The van der Waals surface area contributed by atoms with Crippen LogP contribution in [0.15, 0.2) is 124 Å². The SMILES string of the molecule is C.C=C1C[C@@H](COc2ccc(-c3noc(-c4cn5cc(C)cc(Cl)c5n4)n3)cc2C)CC1(F)F.Cc1cc(Cl)c2nc(-c3nc(-c4cc(Cl)c(OC5CCC(=O)C(C)(F)C5)cc4Cl)no3)cn2c1.Cc1cc(Cl)c2nc(-c3nc(-c4cc(Cl)c(OC5CN(C)C(=O)C(C)(F)C5)cc4Cl)no3)cn2c1. The fraction of sp³-hybridized carbons (Fsp3) is 0.310. The number of pyridine rings is 3. The third-order valence-electron chi connectivity index (χ3n) is 17.2. The topological polar surface area (TPSA) is 234 Å². The van der Waals surface area contributed by atoms with Crippen LogP contribution in [0, 0.1) is 33.6 Å². The van der Waals surface area contributed by atoms with E-state index in [1.165, 1.54) is 37.9 Å². The summed E-state index contributed by atoms with van der Waals surface area (Å²) in [5.41, 5.74) is 4.62. The minimum absolute atomic E-state index is 0. The molecule has 21 nitrogen and oxygen atoms in total. The molecule has 1 aliphatic heterocycles. The summed E-state index contributed by atoms with van der Waals surface area (Å²) in [5.74, 6) is -1.36. The maximum absolute atomic E-state index is 14.6. The number of carbonyl (C=O) groups is 2. The van der Waals surface area contributed by atoms with Crippen molar-refractivity contribution in [3.8, 4) is 86.2 Å². The van der Waals surface area contributed by atoms with E-state index in [1.54, 1.807) is 45.6 Å². The Bertz CT molecular complexity index is 5300. The molecule has 3 aromatic carbocycles. The number of ether oxygens (including phenoxy) is 3. The van der Waals surface area contributed by atoms with Gasteiger partial charge in [-0.1, -0.05) is 111 Å². The van der Waals surface area contributed by atoms with Gasteiger partial charge in [0.2, 0.25) is 17.5 Å². The number of likely N-dealkylation sites (tertiary alicyclic amines) is 1. The smallest absolute Gasteiger partial charge is 0.278 e. The number of likely N-dealkylation sites (N-methyl/N-ethyl adjacent to an activating group) is 1. The number of alkyl halides is 4. The molecular weight excluding hydrogens is 1490 g/mol. The Morgan fingerprint density at radius 3 is 1.43 bits per heavy atom. The van der Waals surface area contributed by atoms with Gasteiger partial charge in [0.1, 0.15) is 46.5 Å². The maximum Gasteiger partial charge on any atom is 0.278 e. The molecule has 12 aromatic rings. The molecule has 2 aliphatic carbocycles. The van der Waals surface area contributed by atoms with E-state index in [9.17, 15) is 27.2 Å². The summed E-state index contributed by atoms with van der Waals surface area (Å²) < 4.78 is 95.6. The first-order chi connectivity index (χ1) is 48.3. The Morgan fingerprint density at radius 2 is 0.990 bits per heavy atom. The van der Waals surface area contributed by atoms with Gasteiger partial charge in [-0.25, -0.2) is 32.5 Å². The molecule has 32 heteroatoms. The van der Waals surface area contributed by atoms with Gasteiger partial charge in [0, 0.05) is 105 Å². The lowest BCUT2D eigenvalue weighted by Gasteiger charge is -2.37. The number of imidazole rings is 3. The van der Waals surface area contributed by atoms with Gasteiger partial charge in [-0.15, -0.1) is 0 Å². The number of amides is 1. The fourth-order valence-corrected chi connectivity index (χ4v) is 14.1. The molecule has 1 saturated heterocycles. The molecule has 0 radical (unpaired) electrons. The summed E-state index contributed by atoms with van der Waals surface area (Å²) in [4.78, 5) is 51.7. The zero-order valence-corrected chi connectivity index (χ0v) is 60.4. The van der Waals surface area contributed by atoms with Crippen molar-refractivity contribution in [2.45, 2.75) is 117 Å². The quantitative estimate of drug-likeness (QED) is 0.0771. The zero-order chi connectivity index (χ0) is 72.6. The monoisotopic (exact) mass is 1550 g/mol. The second-order valence-corrected chi connectivity index (χ2v) is 28.6. The third kappa shape index (κ3) is 15.7. The first kappa shape index (κ1) is 73.9. The van der Waals surface area contributed by atoms with Crippen LogP contribution in [0.1, 0.15) is 82.1 Å². The Hall–Kier alpha value is -8.82. The molecule has 4 unspecified atom stereocenters. The number of hydrogen-bond acceptors (Lipinski definition) is 17. The number of rotatable bonds is 13. The van der Waals surface area contributed by atoms with E-state index >= 15 is 0 Å². The van der Waals surface area contributed by atoms with E-state index in [1.807, 2.05) is 81.0 Å². The van der Waals surface area contributed by atoms with E-state index in [4.69, 9.17) is 109 Å². The third-order valence-corrected chi connectivity index (χ3v) is 19.3. The van der Waals surface area contributed by atoms with Crippen molar-refractivity contribution >= 4 is 110 Å². The van der Waals surface area contributed by atoms with Crippen molar-refractivity contribution in [1.82, 2.24) is 63.5 Å². The number of ketones is 1. The molecule has 10 heterocycles. The zero-order valence-electron chi connectivity index (χ0n) is 55.1. The average molecular weight is 1550 g/mol. The summed E-state index contributed by atoms with van der Waals surface area (Å²) in [6, 6.07) is 17.1. The van der Waals surface area contributed by atoms with E-state index in [0.29, 0.717) is 84.0 Å². The van der Waals surface area contributed by atoms with Crippen LogP contribution in [0.5, 0.6) is 17.2 Å². The van der Waals surface area contributed by atoms with E-state index in [-0.39, 0.29) is 119 Å². The van der Waals surface area contributed by atoms with Gasteiger partial charge in [-0.2, -0.15) is 15.0 Å². The molecule has 103 heavy (non-hydrogen) atoms. The summed E-state index contributed by atoms with van der Waals surface area (Å²) in [7, 11) is 1.53. The van der Waals surface area contributed by atoms with Crippen LogP contribution in [-0.4, -0.2) is 125 Å². The molecule has 15 rings (SSSR count). The van der Waals surface area contributed by atoms with Gasteiger partial charge in [0.25, 0.3) is 29.5 Å². The lowest BCUT2D eigenvalue weighted by Crippen LogP contribution is -2.54. The first-order valence-electron chi connectivity index (χ1n) is 31.6. The van der Waals surface area contributed by atoms with Crippen molar-refractivity contribution < 1.29 is 54.9 Å². The van der Waals surface area contributed by atoms with E-state index in [2.05, 4.69) is 52.0 Å². The minimum Gasteiger partial charge on any atom is -0.493 e. The molecule has 0 N–H and O–H groups in total. The highest BCUT2D eigenvalue weighted by atomic mass is 35.5. The normalized spacial score (nSPS) is 19.5. The number of allylic oxidation sites excluding steroid dienone is 1. The Kier molecular flexibility index (Phi) is 20.8. The van der Waals surface area contributed by atoms with Crippen molar-refractivity contribution in [1.29, 1.82) is 0 Å². The molecule has 2 saturated carbocycles. The van der Waals surface area contributed by atoms with Crippen molar-refractivity contribution in [3.05, 3.63) is 167 Å². The number of hydrogen-bond donors (Lipinski definition) is 0. The first-order valence-corrected chi connectivity index (χ1v) is 34.2. The second-order valence-electron chi connectivity index (χ2n) is 25.8. The summed E-state index contributed by atoms with van der Waals surface area (Å²) >= 11 is 44.7. The Labute approximate surface area is 620 Å². The predicted molar refractivity (Wildman–Crippen MR) is 384 cm³/mol.